The van der Waals surface area contributed by atoms with Gasteiger partial charge in [0.2, 0.25) is 0 Å². The molecule has 0 aliphatic heterocycles. The maximum Gasteiger partial charge on any atom is 0.339 e. The summed E-state index contributed by atoms with van der Waals surface area (Å²) in [4.78, 5) is 24.2. The van der Waals surface area contributed by atoms with Gasteiger partial charge in [0.1, 0.15) is 5.69 Å². The van der Waals surface area contributed by atoms with E-state index in [1.807, 2.05) is 4.90 Å². The normalized spacial score (nSPS) is 14.4. The third-order valence-electron chi connectivity index (χ3n) is 3.83. The molecule has 1 aromatic rings. The van der Waals surface area contributed by atoms with Crippen LogP contribution in [0.15, 0.2) is 12.1 Å². The van der Waals surface area contributed by atoms with Crippen LogP contribution in [-0.4, -0.2) is 31.6 Å². The number of anilines is 1. The Balaban J connectivity index is 2.37. The minimum Gasteiger partial charge on any atom is -0.465 e. The van der Waals surface area contributed by atoms with E-state index in [9.17, 15) is 14.9 Å². The Morgan fingerprint density at radius 3 is 2.67 bits per heavy atom. The van der Waals surface area contributed by atoms with Crippen molar-refractivity contribution in [2.45, 2.75) is 19.3 Å². The number of carbonyl (C=O) groups is 1. The smallest absolute Gasteiger partial charge is 0.339 e. The average Bonchev–Trinajstić information content (AvgIpc) is 2.41. The molecule has 1 aromatic carbocycles. The molecule has 114 valence electrons. The Bertz CT molecular complexity index is 572. The van der Waals surface area contributed by atoms with Gasteiger partial charge in [-0.15, -0.1) is 0 Å². The predicted molar refractivity (Wildman–Crippen MR) is 80.1 cm³/mol. The molecule has 0 unspecified atom stereocenters. The van der Waals surface area contributed by atoms with Gasteiger partial charge >= 0.3 is 5.97 Å². The second-order valence-electron chi connectivity index (χ2n) is 5.25. The van der Waals surface area contributed by atoms with Gasteiger partial charge < -0.3 is 9.64 Å². The zero-order chi connectivity index (χ0) is 15.6. The van der Waals surface area contributed by atoms with Crippen molar-refractivity contribution in [1.82, 2.24) is 0 Å². The molecule has 1 saturated carbocycles. The first-order valence-electron chi connectivity index (χ1n) is 6.71. The van der Waals surface area contributed by atoms with Crippen molar-refractivity contribution >= 4 is 28.9 Å². The SMILES string of the molecule is COC(=O)c1cc([N+](=O)[O-])c(N(C)CC2CCC2)cc1Cl. The van der Waals surface area contributed by atoms with Gasteiger partial charge in [0.25, 0.3) is 5.69 Å². The summed E-state index contributed by atoms with van der Waals surface area (Å²) in [7, 11) is 3.01. The molecule has 1 aliphatic rings. The van der Waals surface area contributed by atoms with Gasteiger partial charge in [0, 0.05) is 19.7 Å². The van der Waals surface area contributed by atoms with Gasteiger partial charge in [-0.25, -0.2) is 4.79 Å². The minimum atomic E-state index is -0.684. The molecule has 0 bridgehead atoms. The molecular weight excluding hydrogens is 296 g/mol. The van der Waals surface area contributed by atoms with Crippen LogP contribution < -0.4 is 4.90 Å². The molecule has 0 spiro atoms. The molecule has 1 fully saturated rings. The van der Waals surface area contributed by atoms with Crippen LogP contribution in [0.2, 0.25) is 5.02 Å². The number of ether oxygens (including phenoxy) is 1. The van der Waals surface area contributed by atoms with E-state index in [-0.39, 0.29) is 16.3 Å². The highest BCUT2D eigenvalue weighted by Crippen LogP contribution is 2.36. The van der Waals surface area contributed by atoms with E-state index in [0.717, 1.165) is 19.4 Å². The number of benzene rings is 1. The fraction of sp³-hybridized carbons (Fsp3) is 0.500. The number of nitro groups is 1. The molecule has 6 nitrogen and oxygen atoms in total. The van der Waals surface area contributed by atoms with Gasteiger partial charge in [-0.3, -0.25) is 10.1 Å². The number of methoxy groups -OCH3 is 1. The summed E-state index contributed by atoms with van der Waals surface area (Å²) in [6, 6.07) is 2.64. The number of rotatable bonds is 5. The van der Waals surface area contributed by atoms with Crippen LogP contribution in [0.25, 0.3) is 0 Å². The largest absolute Gasteiger partial charge is 0.465 e. The Morgan fingerprint density at radius 2 is 2.19 bits per heavy atom. The summed E-state index contributed by atoms with van der Waals surface area (Å²) in [5.74, 6) is -0.120. The van der Waals surface area contributed by atoms with E-state index >= 15 is 0 Å². The number of halogens is 1. The minimum absolute atomic E-state index is 0.00617. The van der Waals surface area contributed by atoms with E-state index < -0.39 is 10.9 Å². The summed E-state index contributed by atoms with van der Waals surface area (Å²) in [6.45, 7) is 0.745. The van der Waals surface area contributed by atoms with Gasteiger partial charge in [0.05, 0.1) is 22.6 Å². The maximum absolute atomic E-state index is 11.6. The summed E-state index contributed by atoms with van der Waals surface area (Å²) in [5.41, 5.74) is 0.290. The lowest BCUT2D eigenvalue weighted by Crippen LogP contribution is -2.29. The number of hydrogen-bond donors (Lipinski definition) is 0. The van der Waals surface area contributed by atoms with Gasteiger partial charge in [-0.2, -0.15) is 0 Å². The fourth-order valence-corrected chi connectivity index (χ4v) is 2.67. The van der Waals surface area contributed by atoms with Crippen LogP contribution in [0.1, 0.15) is 29.6 Å². The Labute approximate surface area is 127 Å². The van der Waals surface area contributed by atoms with Crippen LogP contribution in [-0.2, 0) is 4.74 Å². The summed E-state index contributed by atoms with van der Waals surface area (Å²) in [6.07, 6.45) is 3.50. The number of esters is 1. The second kappa shape index (κ2) is 6.30. The zero-order valence-electron chi connectivity index (χ0n) is 12.0. The number of nitrogens with zero attached hydrogens (tertiary/aromatic N) is 2. The summed E-state index contributed by atoms with van der Waals surface area (Å²) >= 11 is 6.06. The third-order valence-corrected chi connectivity index (χ3v) is 4.15. The van der Waals surface area contributed by atoms with Crippen LogP contribution in [0.3, 0.4) is 0 Å². The Kier molecular flexibility index (Phi) is 4.67. The first-order chi connectivity index (χ1) is 9.93. The van der Waals surface area contributed by atoms with E-state index in [1.54, 1.807) is 7.05 Å². The molecule has 2 rings (SSSR count). The van der Waals surface area contributed by atoms with Crippen molar-refractivity contribution in [2.24, 2.45) is 5.92 Å². The lowest BCUT2D eigenvalue weighted by molar-refractivity contribution is -0.384. The Hall–Kier alpha value is -1.82. The zero-order valence-corrected chi connectivity index (χ0v) is 12.7. The van der Waals surface area contributed by atoms with Crippen molar-refractivity contribution in [3.63, 3.8) is 0 Å². The van der Waals surface area contributed by atoms with E-state index in [2.05, 4.69) is 4.74 Å². The molecule has 0 heterocycles. The molecule has 0 saturated heterocycles. The van der Waals surface area contributed by atoms with Crippen molar-refractivity contribution in [1.29, 1.82) is 0 Å². The topological polar surface area (TPSA) is 72.7 Å². The van der Waals surface area contributed by atoms with E-state index in [4.69, 9.17) is 11.6 Å². The standard InChI is InChI=1S/C14H17ClN2O4/c1-16(8-9-4-3-5-9)12-7-11(15)10(14(18)21-2)6-13(12)17(19)20/h6-7,9H,3-5,8H2,1-2H3. The molecule has 21 heavy (non-hydrogen) atoms. The highest BCUT2D eigenvalue weighted by atomic mass is 35.5. The molecule has 1 aliphatic carbocycles. The van der Waals surface area contributed by atoms with Crippen LogP contribution in [0.5, 0.6) is 0 Å². The lowest BCUT2D eigenvalue weighted by atomic mass is 9.85. The fourth-order valence-electron chi connectivity index (χ4n) is 2.43. The van der Waals surface area contributed by atoms with Crippen LogP contribution >= 0.6 is 11.6 Å². The quantitative estimate of drug-likeness (QED) is 0.474. The third kappa shape index (κ3) is 3.26. The summed E-state index contributed by atoms with van der Waals surface area (Å²) < 4.78 is 4.58. The highest BCUT2D eigenvalue weighted by Gasteiger charge is 2.26. The molecule has 0 radical (unpaired) electrons. The molecule has 0 atom stereocenters. The van der Waals surface area contributed by atoms with Crippen LogP contribution in [0, 0.1) is 16.0 Å². The second-order valence-corrected chi connectivity index (χ2v) is 5.65. The predicted octanol–water partition coefficient (Wildman–Crippen LogP) is 3.27. The van der Waals surface area contributed by atoms with Crippen molar-refractivity contribution in [3.8, 4) is 0 Å². The average molecular weight is 313 g/mol. The van der Waals surface area contributed by atoms with Crippen molar-refractivity contribution < 1.29 is 14.5 Å². The van der Waals surface area contributed by atoms with Gasteiger partial charge in [0.15, 0.2) is 0 Å². The molecule has 0 N–H and O–H groups in total. The molecule has 0 amide bonds. The van der Waals surface area contributed by atoms with E-state index in [1.165, 1.54) is 25.7 Å². The highest BCUT2D eigenvalue weighted by molar-refractivity contribution is 6.34. The molecule has 0 aromatic heterocycles. The first kappa shape index (κ1) is 15.6. The molecule has 7 heteroatoms. The van der Waals surface area contributed by atoms with Crippen LogP contribution in [0.4, 0.5) is 11.4 Å². The maximum atomic E-state index is 11.6. The number of carbonyl (C=O) groups excluding carboxylic acids is 1. The van der Waals surface area contributed by atoms with E-state index in [0.29, 0.717) is 11.6 Å². The lowest BCUT2D eigenvalue weighted by Gasteiger charge is -2.31. The first-order valence-corrected chi connectivity index (χ1v) is 7.09. The van der Waals surface area contributed by atoms with Gasteiger partial charge in [-0.05, 0) is 24.8 Å². The monoisotopic (exact) mass is 312 g/mol. The number of nitro benzene ring substituents is 1. The van der Waals surface area contributed by atoms with Crippen molar-refractivity contribution in [2.75, 3.05) is 25.6 Å². The summed E-state index contributed by atoms with van der Waals surface area (Å²) in [5, 5.41) is 11.4. The van der Waals surface area contributed by atoms with Gasteiger partial charge in [-0.1, -0.05) is 18.0 Å². The van der Waals surface area contributed by atoms with Crippen molar-refractivity contribution in [3.05, 3.63) is 32.8 Å². The molecular formula is C14H17ClN2O4. The Morgan fingerprint density at radius 1 is 1.52 bits per heavy atom. The number of hydrogen-bond acceptors (Lipinski definition) is 5.